The second-order valence-electron chi connectivity index (χ2n) is 3.65. The number of benzene rings is 1. The van der Waals surface area contributed by atoms with Crippen molar-refractivity contribution in [3.63, 3.8) is 0 Å². The average molecular weight is 282 g/mol. The van der Waals surface area contributed by atoms with Crippen LogP contribution in [0.1, 0.15) is 22.8 Å². The van der Waals surface area contributed by atoms with Gasteiger partial charge in [0.1, 0.15) is 0 Å². The lowest BCUT2D eigenvalue weighted by Crippen LogP contribution is -2.34. The monoisotopic (exact) mass is 282 g/mol. The van der Waals surface area contributed by atoms with Crippen LogP contribution in [0.3, 0.4) is 0 Å². The van der Waals surface area contributed by atoms with Gasteiger partial charge in [-0.25, -0.2) is 9.59 Å². The third kappa shape index (κ3) is 4.55. The summed E-state index contributed by atoms with van der Waals surface area (Å²) in [6.07, 6.45) is -0.691. The third-order valence-corrected chi connectivity index (χ3v) is 2.35. The Kier molecular flexibility index (Phi) is 5.25. The molecule has 6 nitrogen and oxygen atoms in total. The summed E-state index contributed by atoms with van der Waals surface area (Å²) in [5.41, 5.74) is 1.19. The molecule has 0 aliphatic carbocycles. The highest BCUT2D eigenvalue weighted by molar-refractivity contribution is 7.80. The Morgan fingerprint density at radius 3 is 2.68 bits per heavy atom. The molecule has 0 heterocycles. The lowest BCUT2D eigenvalue weighted by atomic mass is 10.1. The summed E-state index contributed by atoms with van der Waals surface area (Å²) in [5, 5.41) is 14.0. The number of carboxylic acids is 1. The van der Waals surface area contributed by atoms with Crippen LogP contribution in [0.15, 0.2) is 18.2 Å². The summed E-state index contributed by atoms with van der Waals surface area (Å²) < 4.78 is 4.65. The third-order valence-electron chi connectivity index (χ3n) is 2.14. The zero-order valence-electron chi connectivity index (χ0n) is 10.5. The molecule has 1 rings (SSSR count). The van der Waals surface area contributed by atoms with E-state index in [0.717, 1.165) is 5.56 Å². The van der Waals surface area contributed by atoms with E-state index < -0.39 is 12.1 Å². The van der Waals surface area contributed by atoms with E-state index in [-0.39, 0.29) is 17.3 Å². The summed E-state index contributed by atoms with van der Waals surface area (Å²) in [6.45, 7) is 3.67. The molecule has 1 aromatic rings. The number of hydrogen-bond donors (Lipinski definition) is 3. The number of nitrogens with one attached hydrogen (secondary N) is 2. The molecule has 0 fully saturated rings. The summed E-state index contributed by atoms with van der Waals surface area (Å²) in [4.78, 5) is 22.2. The highest BCUT2D eigenvalue weighted by Crippen LogP contribution is 2.17. The van der Waals surface area contributed by atoms with Crippen molar-refractivity contribution < 1.29 is 19.4 Å². The van der Waals surface area contributed by atoms with E-state index in [1.807, 2.05) is 0 Å². The van der Waals surface area contributed by atoms with Crippen LogP contribution in [0, 0.1) is 6.92 Å². The van der Waals surface area contributed by atoms with Crippen molar-refractivity contribution in [1.82, 2.24) is 5.32 Å². The highest BCUT2D eigenvalue weighted by atomic mass is 32.1. The standard InChI is InChI=1S/C12H14N2O4S/c1-3-18-12(17)14-11(19)13-9-5-4-7(2)6-8(9)10(15)16/h4-6H,3H2,1-2H3,(H,15,16)(H2,13,14,17,19). The SMILES string of the molecule is CCOC(=O)NC(=S)Nc1ccc(C)cc1C(=O)O. The van der Waals surface area contributed by atoms with Crippen molar-refractivity contribution in [2.24, 2.45) is 0 Å². The smallest absolute Gasteiger partial charge is 0.413 e. The number of anilines is 1. The minimum atomic E-state index is -1.08. The second-order valence-corrected chi connectivity index (χ2v) is 4.06. The van der Waals surface area contributed by atoms with Crippen LogP contribution in [0.4, 0.5) is 10.5 Å². The summed E-state index contributed by atoms with van der Waals surface area (Å²) >= 11 is 4.89. The number of rotatable bonds is 3. The van der Waals surface area contributed by atoms with Crippen LogP contribution in [0.25, 0.3) is 0 Å². The van der Waals surface area contributed by atoms with Crippen LogP contribution >= 0.6 is 12.2 Å². The fraction of sp³-hybridized carbons (Fsp3) is 0.250. The molecule has 0 aliphatic heterocycles. The number of carbonyl (C=O) groups is 2. The van der Waals surface area contributed by atoms with Crippen molar-refractivity contribution in [2.75, 3.05) is 11.9 Å². The Labute approximate surface area is 115 Å². The van der Waals surface area contributed by atoms with Crippen molar-refractivity contribution in [3.05, 3.63) is 29.3 Å². The topological polar surface area (TPSA) is 87.7 Å². The molecule has 1 amide bonds. The van der Waals surface area contributed by atoms with Gasteiger partial charge in [0.2, 0.25) is 0 Å². The summed E-state index contributed by atoms with van der Waals surface area (Å²) in [5.74, 6) is -1.08. The second kappa shape index (κ2) is 6.69. The van der Waals surface area contributed by atoms with Gasteiger partial charge in [-0.15, -0.1) is 0 Å². The molecule has 19 heavy (non-hydrogen) atoms. The van der Waals surface area contributed by atoms with E-state index in [9.17, 15) is 9.59 Å². The van der Waals surface area contributed by atoms with Crippen LogP contribution in [-0.4, -0.2) is 28.9 Å². The van der Waals surface area contributed by atoms with Crippen molar-refractivity contribution >= 4 is 35.1 Å². The number of alkyl carbamates (subject to hydrolysis) is 1. The normalized spacial score (nSPS) is 9.58. The van der Waals surface area contributed by atoms with Crippen molar-refractivity contribution in [2.45, 2.75) is 13.8 Å². The number of hydrogen-bond acceptors (Lipinski definition) is 4. The molecule has 0 saturated carbocycles. The first-order chi connectivity index (χ1) is 8.93. The van der Waals surface area contributed by atoms with E-state index in [1.165, 1.54) is 6.07 Å². The first-order valence-corrected chi connectivity index (χ1v) is 5.93. The molecule has 0 unspecified atom stereocenters. The van der Waals surface area contributed by atoms with Gasteiger partial charge in [0.15, 0.2) is 5.11 Å². The fourth-order valence-electron chi connectivity index (χ4n) is 1.36. The maximum atomic E-state index is 11.1. The van der Waals surface area contributed by atoms with E-state index in [4.69, 9.17) is 17.3 Å². The Balaban J connectivity index is 2.79. The van der Waals surface area contributed by atoms with E-state index in [1.54, 1.807) is 26.0 Å². The molecular formula is C12H14N2O4S. The van der Waals surface area contributed by atoms with Crippen molar-refractivity contribution in [3.8, 4) is 0 Å². The number of aromatic carboxylic acids is 1. The lowest BCUT2D eigenvalue weighted by molar-refractivity contribution is 0.0698. The van der Waals surface area contributed by atoms with Gasteiger partial charge in [0.05, 0.1) is 17.9 Å². The van der Waals surface area contributed by atoms with Gasteiger partial charge in [-0.05, 0) is 38.2 Å². The number of carboxylic acid groups (broad SMARTS) is 1. The van der Waals surface area contributed by atoms with Gasteiger partial charge in [0.25, 0.3) is 0 Å². The molecule has 3 N–H and O–H groups in total. The molecule has 0 aliphatic rings. The molecule has 0 radical (unpaired) electrons. The van der Waals surface area contributed by atoms with E-state index in [0.29, 0.717) is 5.69 Å². The van der Waals surface area contributed by atoms with Gasteiger partial charge in [-0.3, -0.25) is 5.32 Å². The molecule has 0 saturated heterocycles. The summed E-state index contributed by atoms with van der Waals surface area (Å²) in [7, 11) is 0. The number of aryl methyl sites for hydroxylation is 1. The largest absolute Gasteiger partial charge is 0.478 e. The van der Waals surface area contributed by atoms with E-state index >= 15 is 0 Å². The number of amides is 1. The first kappa shape index (κ1) is 14.9. The summed E-state index contributed by atoms with van der Waals surface area (Å²) in [6, 6.07) is 4.83. The maximum absolute atomic E-state index is 11.1. The molecule has 7 heteroatoms. The number of carbonyl (C=O) groups excluding carboxylic acids is 1. The lowest BCUT2D eigenvalue weighted by Gasteiger charge is -2.12. The molecule has 0 atom stereocenters. The van der Waals surface area contributed by atoms with E-state index in [2.05, 4.69) is 15.4 Å². The van der Waals surface area contributed by atoms with Gasteiger partial charge < -0.3 is 15.2 Å². The Bertz CT molecular complexity index is 516. The van der Waals surface area contributed by atoms with Crippen LogP contribution in [0.2, 0.25) is 0 Å². The molecule has 0 bridgehead atoms. The highest BCUT2D eigenvalue weighted by Gasteiger charge is 2.12. The van der Waals surface area contributed by atoms with Crippen molar-refractivity contribution in [1.29, 1.82) is 0 Å². The number of ether oxygens (including phenoxy) is 1. The molecule has 102 valence electrons. The fourth-order valence-corrected chi connectivity index (χ4v) is 1.55. The van der Waals surface area contributed by atoms with Crippen LogP contribution in [-0.2, 0) is 4.74 Å². The molecule has 0 spiro atoms. The minimum absolute atomic E-state index is 0.0233. The van der Waals surface area contributed by atoms with Gasteiger partial charge in [-0.1, -0.05) is 11.6 Å². The molecular weight excluding hydrogens is 268 g/mol. The minimum Gasteiger partial charge on any atom is -0.478 e. The van der Waals surface area contributed by atoms with Crippen LogP contribution in [0.5, 0.6) is 0 Å². The average Bonchev–Trinajstić information content (AvgIpc) is 2.31. The Morgan fingerprint density at radius 1 is 1.42 bits per heavy atom. The maximum Gasteiger partial charge on any atom is 0.413 e. The molecule has 1 aromatic carbocycles. The predicted molar refractivity (Wildman–Crippen MR) is 74.5 cm³/mol. The number of thiocarbonyl (C=S) groups is 1. The zero-order chi connectivity index (χ0) is 14.4. The quantitative estimate of drug-likeness (QED) is 0.736. The van der Waals surface area contributed by atoms with Gasteiger partial charge >= 0.3 is 12.1 Å². The van der Waals surface area contributed by atoms with Gasteiger partial charge in [-0.2, -0.15) is 0 Å². The first-order valence-electron chi connectivity index (χ1n) is 5.52. The Morgan fingerprint density at radius 2 is 2.11 bits per heavy atom. The predicted octanol–water partition coefficient (Wildman–Crippen LogP) is 2.14. The molecule has 0 aromatic heterocycles. The van der Waals surface area contributed by atoms with Gasteiger partial charge in [0, 0.05) is 0 Å². The Hall–Kier alpha value is -2.15. The van der Waals surface area contributed by atoms with Crippen LogP contribution < -0.4 is 10.6 Å². The zero-order valence-corrected chi connectivity index (χ0v) is 11.3.